The number of nitrogens with one attached hydrogen (secondary N) is 3. The number of hydrogen-bond donors (Lipinski definition) is 3. The molecule has 3 heterocycles. The second-order valence-electron chi connectivity index (χ2n) is 8.18. The van der Waals surface area contributed by atoms with Gasteiger partial charge in [0.1, 0.15) is 5.82 Å². The van der Waals surface area contributed by atoms with Gasteiger partial charge in [0.15, 0.2) is 0 Å². The van der Waals surface area contributed by atoms with Gasteiger partial charge in [0, 0.05) is 19.5 Å². The van der Waals surface area contributed by atoms with Gasteiger partial charge in [-0.2, -0.15) is 18.2 Å². The largest absolute Gasteiger partial charge is 0.418 e. The second kappa shape index (κ2) is 8.29. The number of para-hydroxylation sites is 1. The van der Waals surface area contributed by atoms with Crippen LogP contribution in [-0.2, 0) is 15.8 Å². The van der Waals surface area contributed by atoms with Crippen molar-refractivity contribution in [2.24, 2.45) is 5.92 Å². The normalized spacial score (nSPS) is 21.0. The standard InChI is InChI=1S/C21H22F3N5O3/c1-11-5-4-8-29(10-11)20-27-17-16(19(32)28-20)12(9-15(30)26-17)18(31)25-14-7-3-2-6-13(14)21(22,23)24/h2-3,6-7,11-12H,4-5,8-10H2,1H3,(H,25,31)(H2,26,27,28,30,32)/t11-,12+/m0/s1. The molecule has 2 aliphatic rings. The van der Waals surface area contributed by atoms with E-state index in [-0.39, 0.29) is 17.8 Å². The Balaban J connectivity index is 1.66. The molecule has 1 aromatic carbocycles. The molecule has 0 saturated carbocycles. The molecule has 0 unspecified atom stereocenters. The smallest absolute Gasteiger partial charge is 0.342 e. The Kier molecular flexibility index (Phi) is 5.66. The average Bonchev–Trinajstić information content (AvgIpc) is 2.72. The number of rotatable bonds is 3. The minimum Gasteiger partial charge on any atom is -0.342 e. The van der Waals surface area contributed by atoms with E-state index in [2.05, 4.69) is 27.5 Å². The Morgan fingerprint density at radius 2 is 2.00 bits per heavy atom. The zero-order valence-electron chi connectivity index (χ0n) is 17.3. The highest BCUT2D eigenvalue weighted by molar-refractivity contribution is 6.04. The van der Waals surface area contributed by atoms with Gasteiger partial charge in [0.25, 0.3) is 5.56 Å². The lowest BCUT2D eigenvalue weighted by atomic mass is 9.92. The van der Waals surface area contributed by atoms with Gasteiger partial charge < -0.3 is 15.5 Å². The fraction of sp³-hybridized carbons (Fsp3) is 0.429. The van der Waals surface area contributed by atoms with Crippen molar-refractivity contribution in [3.63, 3.8) is 0 Å². The molecule has 0 bridgehead atoms. The fourth-order valence-electron chi connectivity index (χ4n) is 4.17. The third kappa shape index (κ3) is 4.32. The zero-order valence-corrected chi connectivity index (χ0v) is 17.3. The number of carbonyl (C=O) groups is 2. The number of benzene rings is 1. The first-order valence-corrected chi connectivity index (χ1v) is 10.3. The summed E-state index contributed by atoms with van der Waals surface area (Å²) in [5, 5.41) is 4.75. The van der Waals surface area contributed by atoms with Crippen molar-refractivity contribution in [2.75, 3.05) is 28.6 Å². The van der Waals surface area contributed by atoms with E-state index in [0.717, 1.165) is 25.0 Å². The number of aromatic amines is 1. The molecule has 8 nitrogen and oxygen atoms in total. The van der Waals surface area contributed by atoms with Crippen LogP contribution in [0.15, 0.2) is 29.1 Å². The van der Waals surface area contributed by atoms with E-state index in [4.69, 9.17) is 0 Å². The van der Waals surface area contributed by atoms with E-state index in [9.17, 15) is 27.6 Å². The van der Waals surface area contributed by atoms with Crippen LogP contribution in [0.4, 0.5) is 30.6 Å². The number of H-pyrrole nitrogens is 1. The minimum atomic E-state index is -4.68. The SMILES string of the molecule is C[C@H]1CCCN(c2nc3c(c(=O)[nH]2)[C@H](C(=O)Nc2ccccc2C(F)(F)F)CC(=O)N3)C1. The van der Waals surface area contributed by atoms with Crippen LogP contribution in [0.5, 0.6) is 0 Å². The van der Waals surface area contributed by atoms with Crippen molar-refractivity contribution in [3.8, 4) is 0 Å². The van der Waals surface area contributed by atoms with E-state index in [1.165, 1.54) is 12.1 Å². The predicted molar refractivity (Wildman–Crippen MR) is 112 cm³/mol. The maximum Gasteiger partial charge on any atom is 0.418 e. The molecule has 32 heavy (non-hydrogen) atoms. The first-order chi connectivity index (χ1) is 15.1. The van der Waals surface area contributed by atoms with Gasteiger partial charge in [-0.15, -0.1) is 0 Å². The van der Waals surface area contributed by atoms with E-state index in [1.54, 1.807) is 0 Å². The molecule has 1 fully saturated rings. The van der Waals surface area contributed by atoms with Gasteiger partial charge in [0.2, 0.25) is 17.8 Å². The van der Waals surface area contributed by atoms with E-state index < -0.39 is 40.7 Å². The van der Waals surface area contributed by atoms with E-state index >= 15 is 0 Å². The van der Waals surface area contributed by atoms with Crippen molar-refractivity contribution in [3.05, 3.63) is 45.7 Å². The molecule has 1 saturated heterocycles. The number of amides is 2. The molecular weight excluding hydrogens is 427 g/mol. The quantitative estimate of drug-likeness (QED) is 0.668. The monoisotopic (exact) mass is 449 g/mol. The van der Waals surface area contributed by atoms with Crippen LogP contribution in [0.3, 0.4) is 0 Å². The Labute approximate surface area is 181 Å². The summed E-state index contributed by atoms with van der Waals surface area (Å²) < 4.78 is 39.8. The first kappa shape index (κ1) is 21.8. The Morgan fingerprint density at radius 1 is 1.25 bits per heavy atom. The van der Waals surface area contributed by atoms with Crippen LogP contribution in [0.2, 0.25) is 0 Å². The molecule has 0 radical (unpaired) electrons. The van der Waals surface area contributed by atoms with Crippen molar-refractivity contribution >= 4 is 29.3 Å². The maximum absolute atomic E-state index is 13.3. The number of fused-ring (bicyclic) bond motifs is 1. The lowest BCUT2D eigenvalue weighted by molar-refractivity contribution is -0.137. The van der Waals surface area contributed by atoms with E-state index in [0.29, 0.717) is 25.0 Å². The summed E-state index contributed by atoms with van der Waals surface area (Å²) in [5.74, 6) is -2.04. The number of alkyl halides is 3. The number of nitrogens with zero attached hydrogens (tertiary/aromatic N) is 2. The lowest BCUT2D eigenvalue weighted by Crippen LogP contribution is -2.40. The van der Waals surface area contributed by atoms with Gasteiger partial charge >= 0.3 is 6.18 Å². The maximum atomic E-state index is 13.3. The molecule has 1 aromatic heterocycles. The minimum absolute atomic E-state index is 0.0394. The number of halogens is 3. The molecule has 2 amide bonds. The van der Waals surface area contributed by atoms with Crippen LogP contribution < -0.4 is 21.1 Å². The van der Waals surface area contributed by atoms with Gasteiger partial charge in [-0.25, -0.2) is 0 Å². The number of piperidine rings is 1. The fourth-order valence-corrected chi connectivity index (χ4v) is 4.17. The van der Waals surface area contributed by atoms with Crippen LogP contribution in [-0.4, -0.2) is 34.9 Å². The summed E-state index contributed by atoms with van der Waals surface area (Å²) in [6, 6.07) is 4.52. The lowest BCUT2D eigenvalue weighted by Gasteiger charge is -2.32. The Hall–Kier alpha value is -3.37. The van der Waals surface area contributed by atoms with Crippen LogP contribution in [0, 0.1) is 5.92 Å². The molecular formula is C21H22F3N5O3. The summed E-state index contributed by atoms with van der Waals surface area (Å²) >= 11 is 0. The molecule has 11 heteroatoms. The number of anilines is 3. The summed E-state index contributed by atoms with van der Waals surface area (Å²) in [5.41, 5.74) is -2.14. The zero-order chi connectivity index (χ0) is 23.0. The predicted octanol–water partition coefficient (Wildman–Crippen LogP) is 3.09. The number of aromatic nitrogens is 2. The van der Waals surface area contributed by atoms with Crippen molar-refractivity contribution in [1.29, 1.82) is 0 Å². The second-order valence-corrected chi connectivity index (χ2v) is 8.18. The third-order valence-corrected chi connectivity index (χ3v) is 5.70. The molecule has 3 N–H and O–H groups in total. The molecule has 0 aliphatic carbocycles. The number of carbonyl (C=O) groups excluding carboxylic acids is 2. The molecule has 2 aliphatic heterocycles. The molecule has 0 spiro atoms. The van der Waals surface area contributed by atoms with Crippen LogP contribution in [0.1, 0.15) is 43.2 Å². The highest BCUT2D eigenvalue weighted by Gasteiger charge is 2.38. The summed E-state index contributed by atoms with van der Waals surface area (Å²) in [4.78, 5) is 46.9. The van der Waals surface area contributed by atoms with Crippen LogP contribution in [0.25, 0.3) is 0 Å². The molecule has 4 rings (SSSR count). The number of hydrogen-bond acceptors (Lipinski definition) is 5. The highest BCUT2D eigenvalue weighted by atomic mass is 19.4. The summed E-state index contributed by atoms with van der Waals surface area (Å²) in [6.45, 7) is 3.47. The Bertz CT molecular complexity index is 1110. The average molecular weight is 449 g/mol. The molecule has 2 aromatic rings. The van der Waals surface area contributed by atoms with Crippen LogP contribution >= 0.6 is 0 Å². The topological polar surface area (TPSA) is 107 Å². The molecule has 2 atom stereocenters. The summed E-state index contributed by atoms with van der Waals surface area (Å²) in [7, 11) is 0. The van der Waals surface area contributed by atoms with Gasteiger partial charge in [-0.1, -0.05) is 19.1 Å². The van der Waals surface area contributed by atoms with Crippen molar-refractivity contribution < 1.29 is 22.8 Å². The van der Waals surface area contributed by atoms with Crippen molar-refractivity contribution in [1.82, 2.24) is 9.97 Å². The van der Waals surface area contributed by atoms with Crippen molar-refractivity contribution in [2.45, 2.75) is 38.3 Å². The van der Waals surface area contributed by atoms with E-state index in [1.807, 2.05) is 4.90 Å². The molecule has 170 valence electrons. The first-order valence-electron chi connectivity index (χ1n) is 10.3. The van der Waals surface area contributed by atoms with Gasteiger partial charge in [-0.05, 0) is 30.9 Å². The van der Waals surface area contributed by atoms with Gasteiger partial charge in [-0.3, -0.25) is 19.4 Å². The summed E-state index contributed by atoms with van der Waals surface area (Å²) in [6.07, 6.45) is -3.06. The highest BCUT2D eigenvalue weighted by Crippen LogP contribution is 2.36. The third-order valence-electron chi connectivity index (χ3n) is 5.70. The Morgan fingerprint density at radius 3 is 2.72 bits per heavy atom. The van der Waals surface area contributed by atoms with Gasteiger partial charge in [0.05, 0.1) is 22.7 Å².